The lowest BCUT2D eigenvalue weighted by atomic mass is 9.90. The molecule has 1 aliphatic heterocycles. The van der Waals surface area contributed by atoms with Gasteiger partial charge in [0.05, 0.1) is 10.7 Å². The molecule has 1 unspecified atom stereocenters. The standard InChI is InChI=1S/C18H23NO2S/c1-4-5-6-7-8-13-9-10-15-14(11-13)17(21)16(12(2)20)18(19-15)22-3/h9-11,16H,4-8H2,1-3H3. The number of fused-ring (bicyclic) bond motifs is 1. The summed E-state index contributed by atoms with van der Waals surface area (Å²) in [5.74, 6) is -0.938. The van der Waals surface area contributed by atoms with E-state index in [1.807, 2.05) is 24.5 Å². The third-order valence-corrected chi connectivity index (χ3v) is 4.75. The lowest BCUT2D eigenvalue weighted by molar-refractivity contribution is -0.117. The molecule has 0 spiro atoms. The van der Waals surface area contributed by atoms with Crippen LogP contribution in [0, 0.1) is 5.92 Å². The molecule has 1 heterocycles. The van der Waals surface area contributed by atoms with E-state index >= 15 is 0 Å². The second-order valence-corrected chi connectivity index (χ2v) is 6.55. The number of carbonyl (C=O) groups excluding carboxylic acids is 2. The number of hydrogen-bond acceptors (Lipinski definition) is 4. The SMILES string of the molecule is CCCCCCc1ccc2c(c1)C(=O)C(C(C)=O)C(SC)=N2. The first-order valence-corrected chi connectivity index (χ1v) is 9.11. The maximum Gasteiger partial charge on any atom is 0.182 e. The molecule has 1 aliphatic rings. The minimum Gasteiger partial charge on any atom is -0.299 e. The number of hydrogen-bond donors (Lipinski definition) is 0. The predicted molar refractivity (Wildman–Crippen MR) is 93.4 cm³/mol. The van der Waals surface area contributed by atoms with Gasteiger partial charge in [-0.15, -0.1) is 11.8 Å². The summed E-state index contributed by atoms with van der Waals surface area (Å²) in [6.45, 7) is 3.66. The molecule has 0 fully saturated rings. The van der Waals surface area contributed by atoms with Gasteiger partial charge in [-0.1, -0.05) is 32.3 Å². The zero-order chi connectivity index (χ0) is 16.1. The molecule has 3 nitrogen and oxygen atoms in total. The highest BCUT2D eigenvalue weighted by Crippen LogP contribution is 2.33. The van der Waals surface area contributed by atoms with Crippen molar-refractivity contribution in [1.29, 1.82) is 0 Å². The normalized spacial score (nSPS) is 17.1. The molecular weight excluding hydrogens is 294 g/mol. The second-order valence-electron chi connectivity index (χ2n) is 5.72. The van der Waals surface area contributed by atoms with E-state index in [9.17, 15) is 9.59 Å². The maximum atomic E-state index is 12.6. The van der Waals surface area contributed by atoms with Crippen LogP contribution in [0.15, 0.2) is 23.2 Å². The van der Waals surface area contributed by atoms with Crippen LogP contribution in [0.2, 0.25) is 0 Å². The van der Waals surface area contributed by atoms with E-state index in [-0.39, 0.29) is 11.6 Å². The molecule has 1 aromatic rings. The maximum absolute atomic E-state index is 12.6. The van der Waals surface area contributed by atoms with Crippen molar-refractivity contribution in [2.45, 2.75) is 46.0 Å². The number of nitrogens with zero attached hydrogens (tertiary/aromatic N) is 1. The zero-order valence-corrected chi connectivity index (χ0v) is 14.3. The van der Waals surface area contributed by atoms with Crippen LogP contribution in [-0.4, -0.2) is 22.9 Å². The highest BCUT2D eigenvalue weighted by Gasteiger charge is 2.34. The monoisotopic (exact) mass is 317 g/mol. The molecule has 0 aromatic heterocycles. The van der Waals surface area contributed by atoms with Gasteiger partial charge >= 0.3 is 0 Å². The van der Waals surface area contributed by atoms with E-state index in [0.717, 1.165) is 18.4 Å². The van der Waals surface area contributed by atoms with Gasteiger partial charge < -0.3 is 0 Å². The average Bonchev–Trinajstić information content (AvgIpc) is 2.51. The fraction of sp³-hybridized carbons (Fsp3) is 0.500. The van der Waals surface area contributed by atoms with E-state index in [0.29, 0.717) is 16.3 Å². The Morgan fingerprint density at radius 2 is 2.05 bits per heavy atom. The molecule has 0 radical (unpaired) electrons. The van der Waals surface area contributed by atoms with E-state index in [1.165, 1.54) is 37.9 Å². The quantitative estimate of drug-likeness (QED) is 0.569. The number of thioether (sulfide) groups is 1. The number of ketones is 2. The minimum atomic E-state index is -0.710. The summed E-state index contributed by atoms with van der Waals surface area (Å²) < 4.78 is 0. The molecule has 0 amide bonds. The Morgan fingerprint density at radius 1 is 1.27 bits per heavy atom. The molecule has 22 heavy (non-hydrogen) atoms. The van der Waals surface area contributed by atoms with E-state index in [1.54, 1.807) is 0 Å². The molecule has 1 aromatic carbocycles. The number of benzene rings is 1. The fourth-order valence-electron chi connectivity index (χ4n) is 2.76. The van der Waals surface area contributed by atoms with E-state index < -0.39 is 5.92 Å². The Kier molecular flexibility index (Phi) is 5.95. The number of unbranched alkanes of at least 4 members (excludes halogenated alkanes) is 3. The third kappa shape index (κ3) is 3.67. The van der Waals surface area contributed by atoms with Crippen LogP contribution >= 0.6 is 11.8 Å². The van der Waals surface area contributed by atoms with Gasteiger partial charge in [0.15, 0.2) is 5.78 Å². The van der Waals surface area contributed by atoms with Crippen molar-refractivity contribution >= 4 is 34.1 Å². The number of rotatable bonds is 6. The Balaban J connectivity index is 2.24. The molecule has 0 bridgehead atoms. The van der Waals surface area contributed by atoms with Gasteiger partial charge in [-0.25, -0.2) is 4.99 Å². The fourth-order valence-corrected chi connectivity index (χ4v) is 3.46. The summed E-state index contributed by atoms with van der Waals surface area (Å²) in [6, 6.07) is 5.89. The van der Waals surface area contributed by atoms with Crippen molar-refractivity contribution in [1.82, 2.24) is 0 Å². The molecular formula is C18H23NO2S. The Morgan fingerprint density at radius 3 is 2.68 bits per heavy atom. The summed E-state index contributed by atoms with van der Waals surface area (Å²) in [4.78, 5) is 28.9. The summed E-state index contributed by atoms with van der Waals surface area (Å²) in [5.41, 5.74) is 2.46. The van der Waals surface area contributed by atoms with Crippen LogP contribution in [0.25, 0.3) is 0 Å². The van der Waals surface area contributed by atoms with Crippen molar-refractivity contribution in [3.8, 4) is 0 Å². The Hall–Kier alpha value is -1.42. The number of aliphatic imine (C=N–C) groups is 1. The number of aryl methyl sites for hydroxylation is 1. The molecule has 0 saturated carbocycles. The highest BCUT2D eigenvalue weighted by molar-refractivity contribution is 8.13. The molecule has 2 rings (SSSR count). The van der Waals surface area contributed by atoms with Crippen LogP contribution in [0.3, 0.4) is 0 Å². The van der Waals surface area contributed by atoms with E-state index in [4.69, 9.17) is 0 Å². The zero-order valence-electron chi connectivity index (χ0n) is 13.5. The van der Waals surface area contributed by atoms with Gasteiger partial charge in [0, 0.05) is 5.56 Å². The topological polar surface area (TPSA) is 46.5 Å². The van der Waals surface area contributed by atoms with Gasteiger partial charge in [-0.2, -0.15) is 0 Å². The van der Waals surface area contributed by atoms with Crippen LogP contribution in [0.4, 0.5) is 5.69 Å². The molecule has 0 aliphatic carbocycles. The van der Waals surface area contributed by atoms with Crippen molar-refractivity contribution in [2.24, 2.45) is 10.9 Å². The molecule has 1 atom stereocenters. The van der Waals surface area contributed by atoms with Crippen molar-refractivity contribution < 1.29 is 9.59 Å². The summed E-state index contributed by atoms with van der Waals surface area (Å²) in [7, 11) is 0. The summed E-state index contributed by atoms with van der Waals surface area (Å²) in [5, 5.41) is 0.612. The minimum absolute atomic E-state index is 0.0998. The lowest BCUT2D eigenvalue weighted by Gasteiger charge is -2.21. The van der Waals surface area contributed by atoms with Crippen LogP contribution < -0.4 is 0 Å². The second kappa shape index (κ2) is 7.73. The van der Waals surface area contributed by atoms with E-state index in [2.05, 4.69) is 11.9 Å². The molecule has 0 N–H and O–H groups in total. The van der Waals surface area contributed by atoms with Crippen LogP contribution in [-0.2, 0) is 11.2 Å². The smallest absolute Gasteiger partial charge is 0.182 e. The first kappa shape index (κ1) is 16.9. The summed E-state index contributed by atoms with van der Waals surface area (Å²) in [6.07, 6.45) is 7.65. The molecule has 0 saturated heterocycles. The highest BCUT2D eigenvalue weighted by atomic mass is 32.2. The van der Waals surface area contributed by atoms with Gasteiger partial charge in [-0.3, -0.25) is 9.59 Å². The van der Waals surface area contributed by atoms with Crippen molar-refractivity contribution in [2.75, 3.05) is 6.26 Å². The van der Waals surface area contributed by atoms with Gasteiger partial charge in [-0.05, 0) is 43.7 Å². The van der Waals surface area contributed by atoms with Gasteiger partial charge in [0.2, 0.25) is 0 Å². The lowest BCUT2D eigenvalue weighted by Crippen LogP contribution is -2.31. The van der Waals surface area contributed by atoms with Gasteiger partial charge in [0.25, 0.3) is 0 Å². The van der Waals surface area contributed by atoms with Gasteiger partial charge in [0.1, 0.15) is 11.7 Å². The predicted octanol–water partition coefficient (Wildman–Crippen LogP) is 4.60. The van der Waals surface area contributed by atoms with Crippen molar-refractivity contribution in [3.63, 3.8) is 0 Å². The molecule has 118 valence electrons. The number of Topliss-reactive ketones (excluding diaryl/α,β-unsaturated/α-hetero) is 2. The third-order valence-electron chi connectivity index (χ3n) is 4.00. The first-order valence-electron chi connectivity index (χ1n) is 7.88. The van der Waals surface area contributed by atoms with Crippen LogP contribution in [0.5, 0.6) is 0 Å². The largest absolute Gasteiger partial charge is 0.299 e. The first-order chi connectivity index (χ1) is 10.6. The number of carbonyl (C=O) groups is 2. The molecule has 4 heteroatoms. The van der Waals surface area contributed by atoms with Crippen molar-refractivity contribution in [3.05, 3.63) is 29.3 Å². The average molecular weight is 317 g/mol. The summed E-state index contributed by atoms with van der Waals surface area (Å²) >= 11 is 1.38. The Bertz CT molecular complexity index is 607. The van der Waals surface area contributed by atoms with Crippen LogP contribution in [0.1, 0.15) is 55.5 Å². The Labute approximate surface area is 136 Å².